The number of benzene rings is 8. The van der Waals surface area contributed by atoms with Gasteiger partial charge in [-0.1, -0.05) is 158 Å². The molecule has 8 aromatic carbocycles. The maximum Gasteiger partial charge on any atom is 0.0512 e. The first kappa shape index (κ1) is 28.9. The molecule has 1 aliphatic heterocycles. The molecular formula is C52H34S. The van der Waals surface area contributed by atoms with Crippen LogP contribution in [0.5, 0.6) is 0 Å². The van der Waals surface area contributed by atoms with Gasteiger partial charge >= 0.3 is 0 Å². The Morgan fingerprint density at radius 1 is 0.491 bits per heavy atom. The van der Waals surface area contributed by atoms with Crippen LogP contribution in [0.15, 0.2) is 180 Å². The van der Waals surface area contributed by atoms with Crippen molar-refractivity contribution in [3.63, 3.8) is 0 Å². The smallest absolute Gasteiger partial charge is 0.0512 e. The second-order valence-electron chi connectivity index (χ2n) is 15.9. The van der Waals surface area contributed by atoms with Crippen molar-refractivity contribution in [1.29, 1.82) is 0 Å². The van der Waals surface area contributed by atoms with Gasteiger partial charge in [0.15, 0.2) is 0 Å². The van der Waals surface area contributed by atoms with E-state index in [4.69, 9.17) is 0 Å². The Hall–Kier alpha value is -5.63. The fourth-order valence-corrected chi connectivity index (χ4v) is 13.0. The highest BCUT2D eigenvalue weighted by Crippen LogP contribution is 2.81. The summed E-state index contributed by atoms with van der Waals surface area (Å²) in [6, 6.07) is 56.1. The first-order valence-corrected chi connectivity index (χ1v) is 19.9. The molecule has 5 atom stereocenters. The summed E-state index contributed by atoms with van der Waals surface area (Å²) in [7, 11) is 0. The van der Waals surface area contributed by atoms with E-state index in [-0.39, 0.29) is 10.8 Å². The zero-order valence-corrected chi connectivity index (χ0v) is 30.1. The molecule has 0 nitrogen and oxygen atoms in total. The lowest BCUT2D eigenvalue weighted by Crippen LogP contribution is -2.29. The topological polar surface area (TPSA) is 0 Å². The van der Waals surface area contributed by atoms with Crippen LogP contribution < -0.4 is 0 Å². The predicted octanol–water partition coefficient (Wildman–Crippen LogP) is 13.4. The van der Waals surface area contributed by atoms with E-state index in [2.05, 4.69) is 177 Å². The summed E-state index contributed by atoms with van der Waals surface area (Å²) in [6.07, 6.45) is 9.75. The summed E-state index contributed by atoms with van der Waals surface area (Å²) >= 11 is 1.92. The van der Waals surface area contributed by atoms with E-state index < -0.39 is 0 Å². The molecule has 0 saturated heterocycles. The second-order valence-corrected chi connectivity index (χ2v) is 17.0. The molecule has 1 heterocycles. The van der Waals surface area contributed by atoms with Crippen LogP contribution in [-0.2, 0) is 10.8 Å². The molecule has 8 aromatic rings. The van der Waals surface area contributed by atoms with E-state index in [1.165, 1.54) is 97.7 Å². The standard InChI is InChI=1S/C52H34S/c1-30-32-13-7-9-23-47(32)53-48-25-24-31(27-39(30)48)33-19-12-22-44-49(33)51-26-11-10-21-45(51)50(51)52(44)43-20-8-6-18-38(43)42-28-40-36-16-4-2-14-34(36)35-15-3-5-17-37(35)41(40)29-46(42)52/h2-30,45,50H,1H3/t30-,45?,50?,51?,52?/m0/s1. The molecule has 1 heteroatoms. The molecule has 13 rings (SSSR count). The Bertz CT molecular complexity index is 3030. The molecule has 0 aromatic heterocycles. The molecule has 0 amide bonds. The van der Waals surface area contributed by atoms with E-state index in [0.29, 0.717) is 17.8 Å². The summed E-state index contributed by atoms with van der Waals surface area (Å²) in [5.74, 6) is 1.21. The van der Waals surface area contributed by atoms with Gasteiger partial charge in [-0.2, -0.15) is 0 Å². The van der Waals surface area contributed by atoms with E-state index >= 15 is 0 Å². The molecule has 1 saturated carbocycles. The van der Waals surface area contributed by atoms with Gasteiger partial charge in [-0.15, -0.1) is 0 Å². The van der Waals surface area contributed by atoms with Crippen LogP contribution in [0, 0.1) is 11.8 Å². The lowest BCUT2D eigenvalue weighted by molar-refractivity contribution is 0.538. The van der Waals surface area contributed by atoms with Crippen molar-refractivity contribution in [3.8, 4) is 22.3 Å². The summed E-state index contributed by atoms with van der Waals surface area (Å²) in [5.41, 5.74) is 14.1. The molecule has 53 heavy (non-hydrogen) atoms. The average molecular weight is 691 g/mol. The quantitative estimate of drug-likeness (QED) is 0.155. The molecule has 0 bridgehead atoms. The summed E-state index contributed by atoms with van der Waals surface area (Å²) < 4.78 is 0. The number of fused-ring (bicyclic) bond motifs is 17. The number of hydrogen-bond acceptors (Lipinski definition) is 1. The van der Waals surface area contributed by atoms with Gasteiger partial charge in [-0.3, -0.25) is 0 Å². The van der Waals surface area contributed by atoms with Gasteiger partial charge in [0.1, 0.15) is 0 Å². The number of allylic oxidation sites excluding steroid dienone is 4. The Morgan fingerprint density at radius 2 is 1.15 bits per heavy atom. The molecule has 1 fully saturated rings. The fourth-order valence-electron chi connectivity index (χ4n) is 11.8. The van der Waals surface area contributed by atoms with Gasteiger partial charge in [-0.25, -0.2) is 0 Å². The maximum atomic E-state index is 2.63. The van der Waals surface area contributed by atoms with Gasteiger partial charge in [0, 0.05) is 21.1 Å². The van der Waals surface area contributed by atoms with Gasteiger partial charge in [0.2, 0.25) is 0 Å². The van der Waals surface area contributed by atoms with Crippen LogP contribution in [0.25, 0.3) is 54.6 Å². The van der Waals surface area contributed by atoms with Crippen LogP contribution >= 0.6 is 11.8 Å². The molecule has 2 spiro atoms. The Balaban J connectivity index is 1.12. The third-order valence-electron chi connectivity index (χ3n) is 13.8. The van der Waals surface area contributed by atoms with E-state index in [0.717, 1.165) is 0 Å². The zero-order chi connectivity index (χ0) is 34.6. The van der Waals surface area contributed by atoms with Crippen molar-refractivity contribution in [1.82, 2.24) is 0 Å². The van der Waals surface area contributed by atoms with E-state index in [1.807, 2.05) is 11.8 Å². The summed E-state index contributed by atoms with van der Waals surface area (Å²) in [5, 5.41) is 8.05. The predicted molar refractivity (Wildman–Crippen MR) is 221 cm³/mol. The normalized spacial score (nSPS) is 24.8. The zero-order valence-electron chi connectivity index (χ0n) is 29.3. The van der Waals surface area contributed by atoms with Gasteiger partial charge in [-0.05, 0) is 130 Å². The van der Waals surface area contributed by atoms with E-state index in [9.17, 15) is 0 Å². The van der Waals surface area contributed by atoms with Crippen molar-refractivity contribution in [2.75, 3.05) is 0 Å². The van der Waals surface area contributed by atoms with Crippen LogP contribution in [-0.4, -0.2) is 0 Å². The molecule has 4 aliphatic carbocycles. The second kappa shape index (κ2) is 9.86. The van der Waals surface area contributed by atoms with Crippen molar-refractivity contribution < 1.29 is 0 Å². The summed E-state index contributed by atoms with van der Waals surface area (Å²) in [4.78, 5) is 2.77. The molecule has 0 radical (unpaired) electrons. The lowest BCUT2D eigenvalue weighted by atomic mass is 9.68. The SMILES string of the molecule is C[C@H]1c2ccccc2Sc2ccc(-c3cccc4c3C35C=CC=CC3C5C43c4ccccc4-c4cc5c6ccccc6c6ccccc6c5cc43)cc21. The number of rotatable bonds is 1. The molecule has 248 valence electrons. The van der Waals surface area contributed by atoms with E-state index in [1.54, 1.807) is 0 Å². The molecule has 5 aliphatic rings. The van der Waals surface area contributed by atoms with Gasteiger partial charge in [0.05, 0.1) is 5.41 Å². The first-order chi connectivity index (χ1) is 26.2. The average Bonchev–Trinajstić information content (AvgIpc) is 3.73. The highest BCUT2D eigenvalue weighted by molar-refractivity contribution is 7.99. The largest absolute Gasteiger partial charge is 0.0895 e. The molecule has 4 unspecified atom stereocenters. The van der Waals surface area contributed by atoms with Crippen molar-refractivity contribution in [3.05, 3.63) is 203 Å². The third-order valence-corrected chi connectivity index (χ3v) is 15.0. The van der Waals surface area contributed by atoms with Crippen LogP contribution in [0.2, 0.25) is 0 Å². The van der Waals surface area contributed by atoms with Crippen molar-refractivity contribution in [2.45, 2.75) is 33.5 Å². The highest BCUT2D eigenvalue weighted by atomic mass is 32.2. The lowest BCUT2D eigenvalue weighted by Gasteiger charge is -2.33. The Labute approximate surface area is 313 Å². The summed E-state index contributed by atoms with van der Waals surface area (Å²) in [6.45, 7) is 2.38. The first-order valence-electron chi connectivity index (χ1n) is 19.1. The minimum atomic E-state index is -0.252. The monoisotopic (exact) mass is 690 g/mol. The maximum absolute atomic E-state index is 2.63. The van der Waals surface area contributed by atoms with Crippen LogP contribution in [0.1, 0.15) is 46.2 Å². The van der Waals surface area contributed by atoms with Crippen molar-refractivity contribution in [2.24, 2.45) is 11.8 Å². The Morgan fingerprint density at radius 3 is 1.98 bits per heavy atom. The van der Waals surface area contributed by atoms with Crippen LogP contribution in [0.3, 0.4) is 0 Å². The van der Waals surface area contributed by atoms with Gasteiger partial charge < -0.3 is 0 Å². The number of hydrogen-bond donors (Lipinski definition) is 0. The molecular weight excluding hydrogens is 657 g/mol. The minimum Gasteiger partial charge on any atom is -0.0895 e. The highest BCUT2D eigenvalue weighted by Gasteiger charge is 2.78. The minimum absolute atomic E-state index is 0.0430. The Kier molecular flexibility index (Phi) is 5.38. The van der Waals surface area contributed by atoms with Crippen molar-refractivity contribution >= 4 is 44.1 Å². The third kappa shape index (κ3) is 3.34. The van der Waals surface area contributed by atoms with Crippen LogP contribution in [0.4, 0.5) is 0 Å². The fraction of sp³-hybridized carbons (Fsp3) is 0.115. The van der Waals surface area contributed by atoms with Gasteiger partial charge in [0.25, 0.3) is 0 Å². The molecule has 0 N–H and O–H groups in total.